The lowest BCUT2D eigenvalue weighted by Gasteiger charge is -2.29. The van der Waals surface area contributed by atoms with Crippen LogP contribution in [0.1, 0.15) is 31.7 Å². The zero-order valence-electron chi connectivity index (χ0n) is 20.0. The molecule has 1 fully saturated rings. The van der Waals surface area contributed by atoms with Crippen molar-refractivity contribution < 1.29 is 24.3 Å². The Hall–Kier alpha value is -3.05. The van der Waals surface area contributed by atoms with Gasteiger partial charge in [0.15, 0.2) is 0 Å². The first-order chi connectivity index (χ1) is 16.7. The van der Waals surface area contributed by atoms with E-state index in [0.717, 1.165) is 16.5 Å². The molecular weight excluding hydrogens is 470 g/mol. The van der Waals surface area contributed by atoms with Crippen LogP contribution in [0.4, 0.5) is 0 Å². The van der Waals surface area contributed by atoms with E-state index in [2.05, 4.69) is 15.6 Å². The van der Waals surface area contributed by atoms with E-state index in [-0.39, 0.29) is 12.8 Å². The van der Waals surface area contributed by atoms with Crippen molar-refractivity contribution in [3.63, 3.8) is 0 Å². The maximum Gasteiger partial charge on any atom is 0.326 e. The van der Waals surface area contributed by atoms with Crippen LogP contribution in [0.25, 0.3) is 10.9 Å². The normalized spacial score (nSPS) is 18.1. The summed E-state index contributed by atoms with van der Waals surface area (Å²) in [6, 6.07) is 4.11. The van der Waals surface area contributed by atoms with E-state index in [1.54, 1.807) is 6.20 Å². The Morgan fingerprint density at radius 3 is 2.66 bits per heavy atom. The number of aromatic amines is 1. The molecule has 2 heterocycles. The SMILES string of the molecule is CSCCC(NC(=O)C1CCCN1C(=O)C(Cc1c[nH]c2ccccc12)NC(=O)C(C)N)C(=O)O. The van der Waals surface area contributed by atoms with E-state index < -0.39 is 47.9 Å². The standard InChI is InChI=1S/C24H33N5O5S/c1-14(25)21(30)28-19(12-15-13-26-17-7-4-3-6-16(15)17)23(32)29-10-5-8-20(29)22(31)27-18(24(33)34)9-11-35-2/h3-4,6-7,13-14,18-20,26H,5,8-12,25H2,1-2H3,(H,27,31)(H,28,30)(H,33,34). The van der Waals surface area contributed by atoms with Gasteiger partial charge in [0.1, 0.15) is 18.1 Å². The summed E-state index contributed by atoms with van der Waals surface area (Å²) in [5.74, 6) is -1.87. The molecule has 1 saturated heterocycles. The van der Waals surface area contributed by atoms with Gasteiger partial charge in [-0.1, -0.05) is 18.2 Å². The molecule has 1 aromatic carbocycles. The molecule has 1 aliphatic rings. The number of thioether (sulfide) groups is 1. The van der Waals surface area contributed by atoms with Gasteiger partial charge >= 0.3 is 5.97 Å². The van der Waals surface area contributed by atoms with Gasteiger partial charge in [-0.2, -0.15) is 11.8 Å². The monoisotopic (exact) mass is 503 g/mol. The van der Waals surface area contributed by atoms with Crippen LogP contribution in [0.15, 0.2) is 30.5 Å². The number of aromatic nitrogens is 1. The van der Waals surface area contributed by atoms with Crippen molar-refractivity contribution in [3.8, 4) is 0 Å². The summed E-state index contributed by atoms with van der Waals surface area (Å²) in [5, 5.41) is 15.7. The van der Waals surface area contributed by atoms with Crippen LogP contribution in [-0.4, -0.2) is 81.4 Å². The predicted octanol–water partition coefficient (Wildman–Crippen LogP) is 0.856. The van der Waals surface area contributed by atoms with Gasteiger partial charge in [-0.3, -0.25) is 14.4 Å². The fourth-order valence-electron chi connectivity index (χ4n) is 4.29. The first-order valence-corrected chi connectivity index (χ1v) is 13.1. The number of para-hydroxylation sites is 1. The number of carbonyl (C=O) groups excluding carboxylic acids is 3. The number of rotatable bonds is 11. The molecule has 1 aliphatic heterocycles. The Kier molecular flexibility index (Phi) is 9.16. The summed E-state index contributed by atoms with van der Waals surface area (Å²) in [4.78, 5) is 55.3. The van der Waals surface area contributed by atoms with E-state index in [1.165, 1.54) is 23.6 Å². The molecule has 10 nitrogen and oxygen atoms in total. The molecule has 0 saturated carbocycles. The van der Waals surface area contributed by atoms with Crippen molar-refractivity contribution >= 4 is 46.4 Å². The molecule has 4 atom stereocenters. The highest BCUT2D eigenvalue weighted by Crippen LogP contribution is 2.23. The van der Waals surface area contributed by atoms with Crippen molar-refractivity contribution in [1.82, 2.24) is 20.5 Å². The van der Waals surface area contributed by atoms with E-state index in [4.69, 9.17) is 5.73 Å². The number of fused-ring (bicyclic) bond motifs is 1. The number of likely N-dealkylation sites (tertiary alicyclic amines) is 1. The fourth-order valence-corrected chi connectivity index (χ4v) is 4.76. The minimum atomic E-state index is -1.11. The third-order valence-corrected chi connectivity index (χ3v) is 6.83. The summed E-state index contributed by atoms with van der Waals surface area (Å²) in [7, 11) is 0. The van der Waals surface area contributed by atoms with Gasteiger partial charge in [-0.05, 0) is 49.8 Å². The Morgan fingerprint density at radius 1 is 1.23 bits per heavy atom. The zero-order valence-corrected chi connectivity index (χ0v) is 20.8. The Bertz CT molecular complexity index is 1070. The topological polar surface area (TPSA) is 158 Å². The molecule has 3 amide bonds. The number of nitrogens with two attached hydrogens (primary N) is 1. The van der Waals surface area contributed by atoms with Gasteiger partial charge in [0, 0.05) is 30.1 Å². The second kappa shape index (κ2) is 12.1. The van der Waals surface area contributed by atoms with Crippen molar-refractivity contribution in [2.24, 2.45) is 5.73 Å². The maximum absolute atomic E-state index is 13.6. The number of nitrogens with zero attached hydrogens (tertiary/aromatic N) is 1. The van der Waals surface area contributed by atoms with Crippen LogP contribution < -0.4 is 16.4 Å². The second-order valence-electron chi connectivity index (χ2n) is 8.78. The molecule has 0 spiro atoms. The Morgan fingerprint density at radius 2 is 1.97 bits per heavy atom. The van der Waals surface area contributed by atoms with Gasteiger partial charge in [0.05, 0.1) is 6.04 Å². The minimum Gasteiger partial charge on any atom is -0.480 e. The van der Waals surface area contributed by atoms with Crippen LogP contribution in [0.3, 0.4) is 0 Å². The number of benzene rings is 1. The molecule has 0 radical (unpaired) electrons. The van der Waals surface area contributed by atoms with Crippen molar-refractivity contribution in [1.29, 1.82) is 0 Å². The summed E-state index contributed by atoms with van der Waals surface area (Å²) in [6.45, 7) is 1.88. The van der Waals surface area contributed by atoms with Gasteiger partial charge in [0.2, 0.25) is 17.7 Å². The minimum absolute atomic E-state index is 0.220. The molecule has 0 bridgehead atoms. The number of hydrogen-bond acceptors (Lipinski definition) is 6. The number of carbonyl (C=O) groups is 4. The third-order valence-electron chi connectivity index (χ3n) is 6.19. The lowest BCUT2D eigenvalue weighted by atomic mass is 10.0. The smallest absolute Gasteiger partial charge is 0.326 e. The number of amides is 3. The first-order valence-electron chi connectivity index (χ1n) is 11.7. The number of carboxylic acids is 1. The molecule has 3 rings (SSSR count). The molecule has 4 unspecified atom stereocenters. The molecule has 0 aliphatic carbocycles. The van der Waals surface area contributed by atoms with E-state index in [9.17, 15) is 24.3 Å². The van der Waals surface area contributed by atoms with Gasteiger partial charge in [-0.25, -0.2) is 4.79 Å². The molecule has 190 valence electrons. The summed E-state index contributed by atoms with van der Waals surface area (Å²) in [6.07, 6.45) is 5.21. The second-order valence-corrected chi connectivity index (χ2v) is 9.77. The predicted molar refractivity (Wildman–Crippen MR) is 135 cm³/mol. The Balaban J connectivity index is 1.80. The average molecular weight is 504 g/mol. The highest BCUT2D eigenvalue weighted by molar-refractivity contribution is 7.98. The lowest BCUT2D eigenvalue weighted by Crippen LogP contribution is -2.57. The van der Waals surface area contributed by atoms with Gasteiger partial charge in [0.25, 0.3) is 0 Å². The number of H-pyrrole nitrogens is 1. The van der Waals surface area contributed by atoms with Crippen LogP contribution in [-0.2, 0) is 25.6 Å². The first kappa shape index (κ1) is 26.6. The van der Waals surface area contributed by atoms with Crippen LogP contribution in [0, 0.1) is 0 Å². The number of hydrogen-bond donors (Lipinski definition) is 5. The van der Waals surface area contributed by atoms with E-state index >= 15 is 0 Å². The van der Waals surface area contributed by atoms with Crippen LogP contribution in [0.2, 0.25) is 0 Å². The largest absolute Gasteiger partial charge is 0.480 e. The van der Waals surface area contributed by atoms with Crippen molar-refractivity contribution in [2.45, 2.75) is 56.8 Å². The van der Waals surface area contributed by atoms with Crippen molar-refractivity contribution in [2.75, 3.05) is 18.6 Å². The molecule has 6 N–H and O–H groups in total. The average Bonchev–Trinajstić information content (AvgIpc) is 3.48. The molecule has 2 aromatic rings. The van der Waals surface area contributed by atoms with Gasteiger partial charge < -0.3 is 31.4 Å². The van der Waals surface area contributed by atoms with Crippen molar-refractivity contribution in [3.05, 3.63) is 36.0 Å². The quantitative estimate of drug-likeness (QED) is 0.304. The van der Waals surface area contributed by atoms with E-state index in [1.807, 2.05) is 30.5 Å². The molecule has 11 heteroatoms. The number of carboxylic acid groups (broad SMARTS) is 1. The third kappa shape index (κ3) is 6.55. The fraction of sp³-hybridized carbons (Fsp3) is 0.500. The zero-order chi connectivity index (χ0) is 25.5. The summed E-state index contributed by atoms with van der Waals surface area (Å²) < 4.78 is 0. The number of aliphatic carboxylic acids is 1. The molecule has 1 aromatic heterocycles. The summed E-state index contributed by atoms with van der Waals surface area (Å²) in [5.41, 5.74) is 7.50. The number of nitrogens with one attached hydrogen (secondary N) is 3. The Labute approximate surface area is 208 Å². The lowest BCUT2D eigenvalue weighted by molar-refractivity contribution is -0.144. The highest BCUT2D eigenvalue weighted by Gasteiger charge is 2.39. The molecule has 35 heavy (non-hydrogen) atoms. The highest BCUT2D eigenvalue weighted by atomic mass is 32.2. The van der Waals surface area contributed by atoms with E-state index in [0.29, 0.717) is 25.1 Å². The van der Waals surface area contributed by atoms with Crippen LogP contribution >= 0.6 is 11.8 Å². The van der Waals surface area contributed by atoms with Gasteiger partial charge in [-0.15, -0.1) is 0 Å². The molecular formula is C24H33N5O5S. The van der Waals surface area contributed by atoms with Crippen LogP contribution in [0.5, 0.6) is 0 Å². The summed E-state index contributed by atoms with van der Waals surface area (Å²) >= 11 is 1.49. The maximum atomic E-state index is 13.6.